The van der Waals surface area contributed by atoms with Crippen LogP contribution in [0, 0.1) is 12.7 Å². The number of aromatic nitrogens is 2. The molecule has 4 rings (SSSR count). The van der Waals surface area contributed by atoms with Gasteiger partial charge in [-0.25, -0.2) is 4.39 Å². The van der Waals surface area contributed by atoms with Gasteiger partial charge in [-0.15, -0.1) is 0 Å². The van der Waals surface area contributed by atoms with Gasteiger partial charge in [0, 0.05) is 36.8 Å². The smallest absolute Gasteiger partial charge is 0.253 e. The van der Waals surface area contributed by atoms with Crippen molar-refractivity contribution in [3.05, 3.63) is 65.3 Å². The lowest BCUT2D eigenvalue weighted by Gasteiger charge is -2.31. The molecule has 2 aromatic carbocycles. The molecule has 0 radical (unpaired) electrons. The number of benzene rings is 2. The SMILES string of the molecule is CC(=O)Nc1ccc(-c2noc(C3CCCN(C(=O)c4ccc(C)c(F)c4)C3)n2)cc1. The Hall–Kier alpha value is -3.55. The first kappa shape index (κ1) is 20.7. The number of halogens is 1. The first-order valence-corrected chi connectivity index (χ1v) is 10.2. The van der Waals surface area contributed by atoms with Gasteiger partial charge in [-0.2, -0.15) is 4.98 Å². The minimum atomic E-state index is -0.384. The Morgan fingerprint density at radius 2 is 1.97 bits per heavy atom. The highest BCUT2D eigenvalue weighted by Crippen LogP contribution is 2.29. The van der Waals surface area contributed by atoms with Crippen molar-refractivity contribution in [1.82, 2.24) is 15.0 Å². The van der Waals surface area contributed by atoms with E-state index in [0.717, 1.165) is 18.4 Å². The normalized spacial score (nSPS) is 16.2. The summed E-state index contributed by atoms with van der Waals surface area (Å²) in [4.78, 5) is 30.2. The molecule has 7 nitrogen and oxygen atoms in total. The standard InChI is InChI=1S/C23H23FN4O3/c1-14-5-6-17(12-20(14)24)23(30)28-11-3-4-18(13-28)22-26-21(27-31-22)16-7-9-19(10-8-16)25-15(2)29/h5-10,12,18H,3-4,11,13H2,1-2H3,(H,25,29). The van der Waals surface area contributed by atoms with E-state index in [1.54, 1.807) is 36.1 Å². The number of carbonyl (C=O) groups is 2. The predicted molar refractivity (Wildman–Crippen MR) is 113 cm³/mol. The molecule has 0 saturated carbocycles. The van der Waals surface area contributed by atoms with Crippen molar-refractivity contribution in [1.29, 1.82) is 0 Å². The number of nitrogens with one attached hydrogen (secondary N) is 1. The van der Waals surface area contributed by atoms with Crippen LogP contribution in [0.4, 0.5) is 10.1 Å². The second-order valence-electron chi connectivity index (χ2n) is 7.77. The Bertz CT molecular complexity index is 1110. The molecule has 8 heteroatoms. The highest BCUT2D eigenvalue weighted by molar-refractivity contribution is 5.94. The zero-order chi connectivity index (χ0) is 22.0. The van der Waals surface area contributed by atoms with E-state index in [-0.39, 0.29) is 23.5 Å². The fraction of sp³-hybridized carbons (Fsp3) is 0.304. The molecule has 1 saturated heterocycles. The third-order valence-electron chi connectivity index (χ3n) is 5.38. The minimum Gasteiger partial charge on any atom is -0.339 e. The molecule has 3 aromatic rings. The zero-order valence-corrected chi connectivity index (χ0v) is 17.4. The van der Waals surface area contributed by atoms with Crippen LogP contribution in [0.25, 0.3) is 11.4 Å². The molecule has 160 valence electrons. The van der Waals surface area contributed by atoms with Crippen LogP contribution in [0.1, 0.15) is 47.5 Å². The van der Waals surface area contributed by atoms with Crippen LogP contribution in [0.2, 0.25) is 0 Å². The summed E-state index contributed by atoms with van der Waals surface area (Å²) in [7, 11) is 0. The number of anilines is 1. The molecule has 1 aliphatic rings. The number of hydrogen-bond acceptors (Lipinski definition) is 5. The number of piperidine rings is 1. The summed E-state index contributed by atoms with van der Waals surface area (Å²) in [6, 6.07) is 11.7. The van der Waals surface area contributed by atoms with E-state index in [9.17, 15) is 14.0 Å². The van der Waals surface area contributed by atoms with E-state index in [1.165, 1.54) is 13.0 Å². The lowest BCUT2D eigenvalue weighted by atomic mass is 9.97. The van der Waals surface area contributed by atoms with Crippen LogP contribution < -0.4 is 5.32 Å². The average Bonchev–Trinajstić information content (AvgIpc) is 3.26. The third-order valence-corrected chi connectivity index (χ3v) is 5.38. The van der Waals surface area contributed by atoms with E-state index >= 15 is 0 Å². The van der Waals surface area contributed by atoms with E-state index in [4.69, 9.17) is 4.52 Å². The number of carbonyl (C=O) groups excluding carboxylic acids is 2. The Kier molecular flexibility index (Phi) is 5.79. The van der Waals surface area contributed by atoms with Gasteiger partial charge in [0.25, 0.3) is 5.91 Å². The maximum Gasteiger partial charge on any atom is 0.253 e. The highest BCUT2D eigenvalue weighted by Gasteiger charge is 2.29. The Labute approximate surface area is 179 Å². The predicted octanol–water partition coefficient (Wildman–Crippen LogP) is 4.16. The molecule has 1 fully saturated rings. The van der Waals surface area contributed by atoms with Crippen molar-refractivity contribution >= 4 is 17.5 Å². The monoisotopic (exact) mass is 422 g/mol. The van der Waals surface area contributed by atoms with Crippen LogP contribution in [0.15, 0.2) is 47.0 Å². The first-order valence-electron chi connectivity index (χ1n) is 10.2. The molecule has 1 N–H and O–H groups in total. The van der Waals surface area contributed by atoms with Gasteiger partial charge in [-0.1, -0.05) is 11.2 Å². The van der Waals surface area contributed by atoms with Crippen LogP contribution in [-0.2, 0) is 4.79 Å². The molecule has 2 amide bonds. The largest absolute Gasteiger partial charge is 0.339 e. The molecule has 2 heterocycles. The first-order chi connectivity index (χ1) is 14.9. The molecule has 1 atom stereocenters. The minimum absolute atomic E-state index is 0.0760. The van der Waals surface area contributed by atoms with Gasteiger partial charge in [0.1, 0.15) is 5.82 Å². The fourth-order valence-corrected chi connectivity index (χ4v) is 3.70. The Morgan fingerprint density at radius 1 is 1.19 bits per heavy atom. The molecule has 1 aromatic heterocycles. The molecular formula is C23H23FN4O3. The summed E-state index contributed by atoms with van der Waals surface area (Å²) in [5, 5.41) is 6.79. The van der Waals surface area contributed by atoms with Crippen LogP contribution in [0.3, 0.4) is 0 Å². The van der Waals surface area contributed by atoms with Gasteiger partial charge >= 0.3 is 0 Å². The molecule has 0 aliphatic carbocycles. The van der Waals surface area contributed by atoms with E-state index < -0.39 is 0 Å². The summed E-state index contributed by atoms with van der Waals surface area (Å²) in [5.74, 6) is 0.136. The number of hydrogen-bond donors (Lipinski definition) is 1. The lowest BCUT2D eigenvalue weighted by Crippen LogP contribution is -2.39. The molecule has 1 unspecified atom stereocenters. The summed E-state index contributed by atoms with van der Waals surface area (Å²) in [5.41, 5.74) is 2.31. The van der Waals surface area contributed by atoms with E-state index in [0.29, 0.717) is 41.6 Å². The van der Waals surface area contributed by atoms with E-state index in [1.807, 2.05) is 12.1 Å². The number of likely N-dealkylation sites (tertiary alicyclic amines) is 1. The number of amides is 2. The van der Waals surface area contributed by atoms with Gasteiger partial charge in [0.15, 0.2) is 0 Å². The van der Waals surface area contributed by atoms with Crippen molar-refractivity contribution in [3.63, 3.8) is 0 Å². The lowest BCUT2D eigenvalue weighted by molar-refractivity contribution is -0.114. The third kappa shape index (κ3) is 4.63. The molecule has 0 spiro atoms. The number of rotatable bonds is 4. The van der Waals surface area contributed by atoms with Gasteiger partial charge in [-0.05, 0) is 61.7 Å². The van der Waals surface area contributed by atoms with E-state index in [2.05, 4.69) is 15.5 Å². The quantitative estimate of drug-likeness (QED) is 0.682. The summed E-state index contributed by atoms with van der Waals surface area (Å²) in [6.45, 7) is 4.17. The molecule has 1 aliphatic heterocycles. The number of nitrogens with zero attached hydrogens (tertiary/aromatic N) is 3. The van der Waals surface area contributed by atoms with Crippen LogP contribution >= 0.6 is 0 Å². The summed E-state index contributed by atoms with van der Waals surface area (Å²) in [6.07, 6.45) is 1.63. The molecular weight excluding hydrogens is 399 g/mol. The number of aryl methyl sites for hydroxylation is 1. The molecule has 0 bridgehead atoms. The second kappa shape index (κ2) is 8.67. The maximum absolute atomic E-state index is 13.9. The van der Waals surface area contributed by atoms with Crippen LogP contribution in [0.5, 0.6) is 0 Å². The Balaban J connectivity index is 1.46. The Morgan fingerprint density at radius 3 is 2.68 bits per heavy atom. The molecule has 31 heavy (non-hydrogen) atoms. The zero-order valence-electron chi connectivity index (χ0n) is 17.4. The highest BCUT2D eigenvalue weighted by atomic mass is 19.1. The van der Waals surface area contributed by atoms with Crippen LogP contribution in [-0.4, -0.2) is 39.9 Å². The van der Waals surface area contributed by atoms with Gasteiger partial charge in [-0.3, -0.25) is 9.59 Å². The fourth-order valence-electron chi connectivity index (χ4n) is 3.70. The summed E-state index contributed by atoms with van der Waals surface area (Å²) >= 11 is 0. The topological polar surface area (TPSA) is 88.3 Å². The van der Waals surface area contributed by atoms with Crippen molar-refractivity contribution in [2.45, 2.75) is 32.6 Å². The van der Waals surface area contributed by atoms with Crippen molar-refractivity contribution in [2.75, 3.05) is 18.4 Å². The van der Waals surface area contributed by atoms with Gasteiger partial charge in [0.2, 0.25) is 17.6 Å². The average molecular weight is 422 g/mol. The summed E-state index contributed by atoms with van der Waals surface area (Å²) < 4.78 is 19.4. The maximum atomic E-state index is 13.9. The van der Waals surface area contributed by atoms with Crippen molar-refractivity contribution in [2.24, 2.45) is 0 Å². The van der Waals surface area contributed by atoms with Gasteiger partial charge in [0.05, 0.1) is 5.92 Å². The van der Waals surface area contributed by atoms with Crippen molar-refractivity contribution in [3.8, 4) is 11.4 Å². The van der Waals surface area contributed by atoms with Crippen molar-refractivity contribution < 1.29 is 18.5 Å². The van der Waals surface area contributed by atoms with Gasteiger partial charge < -0.3 is 14.7 Å². The second-order valence-corrected chi connectivity index (χ2v) is 7.77.